The van der Waals surface area contributed by atoms with Gasteiger partial charge in [0.2, 0.25) is 0 Å². The molecule has 11 heteroatoms. The fourth-order valence-electron chi connectivity index (χ4n) is 3.75. The van der Waals surface area contributed by atoms with Gasteiger partial charge in [-0.25, -0.2) is 9.97 Å². The van der Waals surface area contributed by atoms with Crippen LogP contribution in [0.15, 0.2) is 24.3 Å². The molecule has 2 aromatic rings. The van der Waals surface area contributed by atoms with Crippen LogP contribution in [0.25, 0.3) is 11.4 Å². The van der Waals surface area contributed by atoms with Gasteiger partial charge in [-0.3, -0.25) is 15.0 Å². The molecule has 0 unspecified atom stereocenters. The van der Waals surface area contributed by atoms with E-state index in [0.29, 0.717) is 55.6 Å². The summed E-state index contributed by atoms with van der Waals surface area (Å²) in [5.41, 5.74) is 1.95. The van der Waals surface area contributed by atoms with Crippen LogP contribution < -0.4 is 4.90 Å². The normalized spacial score (nSPS) is 17.6. The molecule has 4 rings (SSSR count). The van der Waals surface area contributed by atoms with Gasteiger partial charge in [-0.1, -0.05) is 0 Å². The van der Waals surface area contributed by atoms with E-state index in [9.17, 15) is 23.3 Å². The Morgan fingerprint density at radius 2 is 1.80 bits per heavy atom. The van der Waals surface area contributed by atoms with Gasteiger partial charge in [-0.2, -0.15) is 13.2 Å². The van der Waals surface area contributed by atoms with Crippen molar-refractivity contribution in [3.63, 3.8) is 0 Å². The van der Waals surface area contributed by atoms with Gasteiger partial charge in [0.1, 0.15) is 5.82 Å². The first-order chi connectivity index (χ1) is 14.3. The van der Waals surface area contributed by atoms with E-state index < -0.39 is 17.6 Å². The summed E-state index contributed by atoms with van der Waals surface area (Å²) in [5, 5.41) is 10.9. The SMILES string of the molecule is O=[N+]([O-])c1ccc(-c2nc3c(c(N4CCOCC4)n2)CCN(CC(F)(F)F)C3)cc1. The van der Waals surface area contributed by atoms with Gasteiger partial charge < -0.3 is 9.64 Å². The van der Waals surface area contributed by atoms with Crippen LogP contribution in [0.1, 0.15) is 11.3 Å². The number of rotatable bonds is 4. The zero-order valence-corrected chi connectivity index (χ0v) is 16.1. The van der Waals surface area contributed by atoms with Crippen molar-refractivity contribution in [2.24, 2.45) is 0 Å². The molecular formula is C19H20F3N5O3. The molecule has 0 bridgehead atoms. The quantitative estimate of drug-likeness (QED) is 0.552. The smallest absolute Gasteiger partial charge is 0.378 e. The molecule has 3 heterocycles. The Balaban J connectivity index is 1.72. The van der Waals surface area contributed by atoms with Crippen molar-refractivity contribution in [1.82, 2.24) is 14.9 Å². The Labute approximate surface area is 170 Å². The lowest BCUT2D eigenvalue weighted by Crippen LogP contribution is -2.41. The summed E-state index contributed by atoms with van der Waals surface area (Å²) in [7, 11) is 0. The topological polar surface area (TPSA) is 84.6 Å². The number of hydrogen-bond donors (Lipinski definition) is 0. The lowest BCUT2D eigenvalue weighted by Gasteiger charge is -2.34. The molecule has 0 amide bonds. The summed E-state index contributed by atoms with van der Waals surface area (Å²) < 4.78 is 44.1. The van der Waals surface area contributed by atoms with Crippen molar-refractivity contribution in [3.8, 4) is 11.4 Å². The highest BCUT2D eigenvalue weighted by atomic mass is 19.4. The summed E-state index contributed by atoms with van der Waals surface area (Å²) in [5.74, 6) is 1.06. The molecule has 2 aliphatic heterocycles. The van der Waals surface area contributed by atoms with Crippen molar-refractivity contribution < 1.29 is 22.8 Å². The van der Waals surface area contributed by atoms with E-state index in [0.717, 1.165) is 5.56 Å². The van der Waals surface area contributed by atoms with Crippen LogP contribution in [0, 0.1) is 10.1 Å². The molecule has 8 nitrogen and oxygen atoms in total. The number of hydrogen-bond acceptors (Lipinski definition) is 7. The van der Waals surface area contributed by atoms with E-state index in [4.69, 9.17) is 9.72 Å². The van der Waals surface area contributed by atoms with Gasteiger partial charge in [-0.05, 0) is 18.6 Å². The fourth-order valence-corrected chi connectivity index (χ4v) is 3.75. The van der Waals surface area contributed by atoms with Gasteiger partial charge in [0.25, 0.3) is 5.69 Å². The number of fused-ring (bicyclic) bond motifs is 1. The molecule has 2 aliphatic rings. The molecule has 1 saturated heterocycles. The third-order valence-corrected chi connectivity index (χ3v) is 5.17. The molecule has 0 radical (unpaired) electrons. The molecule has 0 atom stereocenters. The van der Waals surface area contributed by atoms with Gasteiger partial charge in [0, 0.05) is 49.4 Å². The Bertz CT molecular complexity index is 930. The lowest BCUT2D eigenvalue weighted by atomic mass is 10.0. The van der Waals surface area contributed by atoms with Crippen LogP contribution in [0.4, 0.5) is 24.7 Å². The van der Waals surface area contributed by atoms with Crippen molar-refractivity contribution in [2.45, 2.75) is 19.1 Å². The number of benzene rings is 1. The second-order valence-electron chi connectivity index (χ2n) is 7.28. The molecule has 0 N–H and O–H groups in total. The van der Waals surface area contributed by atoms with E-state index in [1.807, 2.05) is 0 Å². The number of alkyl halides is 3. The Morgan fingerprint density at radius 3 is 2.43 bits per heavy atom. The van der Waals surface area contributed by atoms with Crippen LogP contribution in [0.3, 0.4) is 0 Å². The zero-order valence-electron chi connectivity index (χ0n) is 16.1. The van der Waals surface area contributed by atoms with Gasteiger partial charge in [0.15, 0.2) is 5.82 Å². The molecule has 1 aromatic heterocycles. The van der Waals surface area contributed by atoms with E-state index in [-0.39, 0.29) is 18.8 Å². The molecule has 0 spiro atoms. The number of ether oxygens (including phenoxy) is 1. The monoisotopic (exact) mass is 423 g/mol. The highest BCUT2D eigenvalue weighted by Gasteiger charge is 2.34. The molecule has 1 fully saturated rings. The lowest BCUT2D eigenvalue weighted by molar-refractivity contribution is -0.384. The van der Waals surface area contributed by atoms with E-state index in [1.54, 1.807) is 12.1 Å². The number of aromatic nitrogens is 2. The maximum Gasteiger partial charge on any atom is 0.401 e. The van der Waals surface area contributed by atoms with Crippen LogP contribution >= 0.6 is 0 Å². The summed E-state index contributed by atoms with van der Waals surface area (Å²) in [6, 6.07) is 5.84. The number of anilines is 1. The predicted molar refractivity (Wildman–Crippen MR) is 102 cm³/mol. The zero-order chi connectivity index (χ0) is 21.3. The van der Waals surface area contributed by atoms with Crippen molar-refractivity contribution >= 4 is 11.5 Å². The molecule has 1 aromatic carbocycles. The maximum atomic E-state index is 12.9. The largest absolute Gasteiger partial charge is 0.401 e. The van der Waals surface area contributed by atoms with Gasteiger partial charge in [0.05, 0.1) is 30.4 Å². The highest BCUT2D eigenvalue weighted by molar-refractivity contribution is 5.62. The molecule has 0 aliphatic carbocycles. The number of nitrogens with zero attached hydrogens (tertiary/aromatic N) is 5. The van der Waals surface area contributed by atoms with Crippen molar-refractivity contribution in [1.29, 1.82) is 0 Å². The molecule has 0 saturated carbocycles. The minimum absolute atomic E-state index is 0.0542. The van der Waals surface area contributed by atoms with Gasteiger partial charge in [-0.15, -0.1) is 0 Å². The van der Waals surface area contributed by atoms with E-state index in [2.05, 4.69) is 9.88 Å². The van der Waals surface area contributed by atoms with Gasteiger partial charge >= 0.3 is 6.18 Å². The molecular weight excluding hydrogens is 403 g/mol. The van der Waals surface area contributed by atoms with Crippen molar-refractivity contribution in [3.05, 3.63) is 45.6 Å². The number of nitro groups is 1. The second-order valence-corrected chi connectivity index (χ2v) is 7.28. The van der Waals surface area contributed by atoms with Crippen LogP contribution in [-0.4, -0.2) is 65.4 Å². The molecule has 30 heavy (non-hydrogen) atoms. The third kappa shape index (κ3) is 4.51. The van der Waals surface area contributed by atoms with Crippen LogP contribution in [-0.2, 0) is 17.7 Å². The fraction of sp³-hybridized carbons (Fsp3) is 0.474. The summed E-state index contributed by atoms with van der Waals surface area (Å²) >= 11 is 0. The average molecular weight is 423 g/mol. The maximum absolute atomic E-state index is 12.9. The minimum atomic E-state index is -4.28. The third-order valence-electron chi connectivity index (χ3n) is 5.17. The van der Waals surface area contributed by atoms with E-state index in [1.165, 1.54) is 17.0 Å². The Hall–Kier alpha value is -2.79. The number of morpholine rings is 1. The number of non-ortho nitro benzene ring substituents is 1. The van der Waals surface area contributed by atoms with Crippen molar-refractivity contribution in [2.75, 3.05) is 44.3 Å². The number of halogens is 3. The first-order valence-corrected chi connectivity index (χ1v) is 9.56. The van der Waals surface area contributed by atoms with Crippen LogP contribution in [0.2, 0.25) is 0 Å². The predicted octanol–water partition coefficient (Wildman–Crippen LogP) is 2.81. The summed E-state index contributed by atoms with van der Waals surface area (Å²) in [6.45, 7) is 1.73. The Morgan fingerprint density at radius 1 is 1.10 bits per heavy atom. The first-order valence-electron chi connectivity index (χ1n) is 9.56. The first kappa shape index (κ1) is 20.5. The highest BCUT2D eigenvalue weighted by Crippen LogP contribution is 2.31. The standard InChI is InChI=1S/C19H20F3N5O3/c20-19(21,22)12-25-6-5-15-16(11-25)23-17(13-1-3-14(4-2-13)27(28)29)24-18(15)26-7-9-30-10-8-26/h1-4H,5-12H2. The minimum Gasteiger partial charge on any atom is -0.378 e. The second kappa shape index (κ2) is 8.15. The summed E-state index contributed by atoms with van der Waals surface area (Å²) in [4.78, 5) is 23.1. The average Bonchev–Trinajstić information content (AvgIpc) is 2.72. The Kier molecular flexibility index (Phi) is 5.56. The molecule has 160 valence electrons. The number of nitro benzene ring substituents is 1. The van der Waals surface area contributed by atoms with Crippen LogP contribution in [0.5, 0.6) is 0 Å². The summed E-state index contributed by atoms with van der Waals surface area (Å²) in [6.07, 6.45) is -3.85. The van der Waals surface area contributed by atoms with E-state index >= 15 is 0 Å².